The summed E-state index contributed by atoms with van der Waals surface area (Å²) >= 11 is 0. The fourth-order valence-electron chi connectivity index (χ4n) is 3.54. The van der Waals surface area contributed by atoms with Crippen molar-refractivity contribution in [2.45, 2.75) is 58.3 Å². The molecule has 5 nitrogen and oxygen atoms in total. The van der Waals surface area contributed by atoms with E-state index < -0.39 is 0 Å². The number of aliphatic hydroxyl groups is 1. The average molecular weight is 367 g/mol. The first-order chi connectivity index (χ1) is 13.0. The molecule has 0 radical (unpaired) electrons. The molecule has 0 unspecified atom stereocenters. The lowest BCUT2D eigenvalue weighted by molar-refractivity contribution is 0.299. The van der Waals surface area contributed by atoms with Gasteiger partial charge in [-0.15, -0.1) is 15.0 Å². The molecule has 0 saturated heterocycles. The van der Waals surface area contributed by atoms with Gasteiger partial charge in [0.2, 0.25) is 0 Å². The smallest absolute Gasteiger partial charge is 0.146 e. The van der Waals surface area contributed by atoms with E-state index in [1.54, 1.807) is 0 Å². The van der Waals surface area contributed by atoms with Gasteiger partial charge in [-0.05, 0) is 42.0 Å². The van der Waals surface area contributed by atoms with E-state index >= 15 is 0 Å². The third-order valence-corrected chi connectivity index (χ3v) is 5.19. The first-order valence-corrected chi connectivity index (χ1v) is 9.76. The molecule has 0 amide bonds. The number of nitrogens with zero attached hydrogens (tertiary/aromatic N) is 3. The summed E-state index contributed by atoms with van der Waals surface area (Å²) in [6, 6.07) is 11.5. The van der Waals surface area contributed by atoms with Gasteiger partial charge in [-0.1, -0.05) is 58.2 Å². The lowest BCUT2D eigenvalue weighted by Gasteiger charge is -2.28. The molecular formula is C22H29N3O2. The van der Waals surface area contributed by atoms with E-state index in [0.29, 0.717) is 12.1 Å². The van der Waals surface area contributed by atoms with Crippen LogP contribution in [-0.4, -0.2) is 31.8 Å². The van der Waals surface area contributed by atoms with Gasteiger partial charge in [-0.2, -0.15) is 0 Å². The molecule has 0 spiro atoms. The van der Waals surface area contributed by atoms with Crippen molar-refractivity contribution in [3.05, 3.63) is 47.5 Å². The summed E-state index contributed by atoms with van der Waals surface area (Å²) in [5, 5.41) is 29.6. The van der Waals surface area contributed by atoms with Crippen LogP contribution in [0.1, 0.15) is 57.6 Å². The van der Waals surface area contributed by atoms with Crippen molar-refractivity contribution in [3.8, 4) is 11.4 Å². The monoisotopic (exact) mass is 367 g/mol. The molecule has 0 aliphatic rings. The largest absolute Gasteiger partial charge is 0.505 e. The van der Waals surface area contributed by atoms with E-state index in [4.69, 9.17) is 0 Å². The van der Waals surface area contributed by atoms with Gasteiger partial charge in [-0.3, -0.25) is 0 Å². The molecule has 0 aliphatic heterocycles. The van der Waals surface area contributed by atoms with E-state index in [-0.39, 0.29) is 17.8 Å². The van der Waals surface area contributed by atoms with Crippen LogP contribution in [0.5, 0.6) is 5.75 Å². The fourth-order valence-corrected chi connectivity index (χ4v) is 3.54. The van der Waals surface area contributed by atoms with Crippen LogP contribution in [0.2, 0.25) is 0 Å². The van der Waals surface area contributed by atoms with Crippen LogP contribution < -0.4 is 0 Å². The molecular weight excluding hydrogens is 338 g/mol. The zero-order chi connectivity index (χ0) is 19.4. The van der Waals surface area contributed by atoms with Crippen molar-refractivity contribution in [2.75, 3.05) is 6.61 Å². The Morgan fingerprint density at radius 2 is 1.70 bits per heavy atom. The highest BCUT2D eigenvalue weighted by Gasteiger charge is 2.27. The maximum absolute atomic E-state index is 11.1. The van der Waals surface area contributed by atoms with Crippen LogP contribution in [-0.2, 0) is 11.8 Å². The molecule has 0 fully saturated rings. The van der Waals surface area contributed by atoms with Crippen molar-refractivity contribution in [2.24, 2.45) is 0 Å². The minimum atomic E-state index is -0.175. The molecule has 27 heavy (non-hydrogen) atoms. The maximum Gasteiger partial charge on any atom is 0.146 e. The second kappa shape index (κ2) is 8.09. The Balaban J connectivity index is 2.09. The Labute approximate surface area is 160 Å². The number of hydrogen-bond acceptors (Lipinski definition) is 4. The summed E-state index contributed by atoms with van der Waals surface area (Å²) in [5.41, 5.74) is 3.83. The normalized spacial score (nSPS) is 12.0. The quantitative estimate of drug-likeness (QED) is 0.574. The van der Waals surface area contributed by atoms with Gasteiger partial charge in [0.25, 0.3) is 0 Å². The standard InChI is InChI=1S/C22H29N3O2/c1-4-5-8-12-22(2,3)17-14-16(11-13-26)15-20(21(17)27)25-23-18-9-6-7-10-19(18)24-25/h6-7,9-10,14-15,26-27H,4-5,8,11-13H2,1-3H3. The highest BCUT2D eigenvalue weighted by molar-refractivity contribution is 5.73. The number of phenolic OH excluding ortho intramolecular Hbond substituents is 1. The third kappa shape index (κ3) is 4.14. The molecule has 0 saturated carbocycles. The summed E-state index contributed by atoms with van der Waals surface area (Å²) < 4.78 is 0. The number of rotatable bonds is 8. The fraction of sp³-hybridized carbons (Fsp3) is 0.455. The zero-order valence-electron chi connectivity index (χ0n) is 16.4. The van der Waals surface area contributed by atoms with E-state index in [1.165, 1.54) is 17.6 Å². The Morgan fingerprint density at radius 3 is 2.30 bits per heavy atom. The van der Waals surface area contributed by atoms with Crippen molar-refractivity contribution >= 4 is 11.0 Å². The van der Waals surface area contributed by atoms with E-state index in [0.717, 1.165) is 35.0 Å². The summed E-state index contributed by atoms with van der Waals surface area (Å²) in [5.74, 6) is 0.221. The van der Waals surface area contributed by atoms with Gasteiger partial charge in [0.15, 0.2) is 0 Å². The van der Waals surface area contributed by atoms with Gasteiger partial charge in [-0.25, -0.2) is 0 Å². The zero-order valence-corrected chi connectivity index (χ0v) is 16.4. The highest BCUT2D eigenvalue weighted by atomic mass is 16.3. The number of benzene rings is 2. The molecule has 1 aromatic heterocycles. The van der Waals surface area contributed by atoms with Gasteiger partial charge in [0.05, 0.1) is 0 Å². The molecule has 1 heterocycles. The van der Waals surface area contributed by atoms with Crippen molar-refractivity contribution in [3.63, 3.8) is 0 Å². The lowest BCUT2D eigenvalue weighted by atomic mass is 9.78. The Bertz CT molecular complexity index is 882. The first-order valence-electron chi connectivity index (χ1n) is 9.76. The molecule has 2 aromatic carbocycles. The Hall–Kier alpha value is -2.40. The van der Waals surface area contributed by atoms with Crippen molar-refractivity contribution < 1.29 is 10.2 Å². The molecule has 144 valence electrons. The van der Waals surface area contributed by atoms with Crippen molar-refractivity contribution in [1.29, 1.82) is 0 Å². The van der Waals surface area contributed by atoms with E-state index in [2.05, 4.69) is 31.0 Å². The topological polar surface area (TPSA) is 71.2 Å². The van der Waals surface area contributed by atoms with E-state index in [1.807, 2.05) is 36.4 Å². The van der Waals surface area contributed by atoms with Gasteiger partial charge >= 0.3 is 0 Å². The Kier molecular flexibility index (Phi) is 5.80. The van der Waals surface area contributed by atoms with Crippen LogP contribution in [0.15, 0.2) is 36.4 Å². The van der Waals surface area contributed by atoms with Crippen LogP contribution in [0.4, 0.5) is 0 Å². The van der Waals surface area contributed by atoms with E-state index in [9.17, 15) is 10.2 Å². The second-order valence-electron chi connectivity index (χ2n) is 7.80. The molecule has 3 rings (SSSR count). The van der Waals surface area contributed by atoms with Gasteiger partial charge in [0.1, 0.15) is 22.5 Å². The highest BCUT2D eigenvalue weighted by Crippen LogP contribution is 2.39. The number of unbranched alkanes of at least 4 members (excludes halogenated alkanes) is 2. The number of aliphatic hydroxyl groups excluding tert-OH is 1. The number of fused-ring (bicyclic) bond motifs is 1. The summed E-state index contributed by atoms with van der Waals surface area (Å²) in [7, 11) is 0. The molecule has 3 aromatic rings. The van der Waals surface area contributed by atoms with Crippen LogP contribution in [0.3, 0.4) is 0 Å². The molecule has 0 aliphatic carbocycles. The van der Waals surface area contributed by atoms with Gasteiger partial charge in [0, 0.05) is 12.2 Å². The minimum Gasteiger partial charge on any atom is -0.505 e. The predicted molar refractivity (Wildman–Crippen MR) is 108 cm³/mol. The number of aromatic hydroxyl groups is 1. The Morgan fingerprint density at radius 1 is 1.04 bits per heavy atom. The second-order valence-corrected chi connectivity index (χ2v) is 7.80. The molecule has 5 heteroatoms. The SMILES string of the molecule is CCCCCC(C)(C)c1cc(CCO)cc(-n2nc3ccccc3n2)c1O. The van der Waals surface area contributed by atoms with Crippen molar-refractivity contribution in [1.82, 2.24) is 15.0 Å². The molecule has 0 bridgehead atoms. The lowest BCUT2D eigenvalue weighted by Crippen LogP contribution is -2.19. The number of hydrogen-bond donors (Lipinski definition) is 2. The van der Waals surface area contributed by atoms with Crippen LogP contribution in [0.25, 0.3) is 16.7 Å². The average Bonchev–Trinajstić information content (AvgIpc) is 3.07. The number of aromatic nitrogens is 3. The third-order valence-electron chi connectivity index (χ3n) is 5.19. The van der Waals surface area contributed by atoms with Gasteiger partial charge < -0.3 is 10.2 Å². The predicted octanol–water partition coefficient (Wildman–Crippen LogP) is 4.52. The molecule has 0 atom stereocenters. The minimum absolute atomic E-state index is 0.0639. The summed E-state index contributed by atoms with van der Waals surface area (Å²) in [6.07, 6.45) is 4.99. The van der Waals surface area contributed by atoms with Crippen LogP contribution in [0, 0.1) is 0 Å². The first kappa shape index (κ1) is 19.4. The van der Waals surface area contributed by atoms with Crippen LogP contribution >= 0.6 is 0 Å². The molecule has 2 N–H and O–H groups in total. The number of phenols is 1. The summed E-state index contributed by atoms with van der Waals surface area (Å²) in [4.78, 5) is 1.51. The maximum atomic E-state index is 11.1. The summed E-state index contributed by atoms with van der Waals surface area (Å²) in [6.45, 7) is 6.58.